The fourth-order valence-electron chi connectivity index (χ4n) is 2.34. The van der Waals surface area contributed by atoms with Crippen molar-refractivity contribution in [3.63, 3.8) is 0 Å². The third-order valence-electron chi connectivity index (χ3n) is 3.43. The fourth-order valence-corrected chi connectivity index (χ4v) is 2.34. The molecule has 1 aromatic rings. The zero-order chi connectivity index (χ0) is 12.8. The van der Waals surface area contributed by atoms with E-state index in [1.165, 1.54) is 6.42 Å². The zero-order valence-corrected chi connectivity index (χ0v) is 10.9. The van der Waals surface area contributed by atoms with Crippen LogP contribution in [-0.2, 0) is 0 Å². The summed E-state index contributed by atoms with van der Waals surface area (Å²) in [5, 5.41) is 3.33. The second kappa shape index (κ2) is 6.55. The van der Waals surface area contributed by atoms with E-state index in [1.807, 2.05) is 31.2 Å². The number of ether oxygens (including phenoxy) is 1. The first kappa shape index (κ1) is 13.1. The Morgan fingerprint density at radius 1 is 1.39 bits per heavy atom. The summed E-state index contributed by atoms with van der Waals surface area (Å²) in [6, 6.07) is 7.46. The Kier molecular flexibility index (Phi) is 4.76. The molecular formula is C15H21NO2. The van der Waals surface area contributed by atoms with Gasteiger partial charge in [0.1, 0.15) is 5.75 Å². The maximum atomic E-state index is 12.0. The van der Waals surface area contributed by atoms with E-state index in [0.29, 0.717) is 18.9 Å². The fraction of sp³-hybridized carbons (Fsp3) is 0.533. The van der Waals surface area contributed by atoms with Gasteiger partial charge in [-0.25, -0.2) is 0 Å². The molecule has 0 bridgehead atoms. The lowest BCUT2D eigenvalue weighted by molar-refractivity contribution is 0.0974. The first-order valence-corrected chi connectivity index (χ1v) is 6.76. The molecule has 0 aliphatic carbocycles. The number of rotatable bonds is 6. The average Bonchev–Trinajstić information content (AvgIpc) is 2.90. The van der Waals surface area contributed by atoms with Crippen LogP contribution < -0.4 is 10.1 Å². The molecule has 1 aliphatic heterocycles. The molecule has 2 rings (SSSR count). The van der Waals surface area contributed by atoms with Gasteiger partial charge in [0.2, 0.25) is 0 Å². The van der Waals surface area contributed by atoms with Gasteiger partial charge in [0, 0.05) is 12.0 Å². The van der Waals surface area contributed by atoms with Gasteiger partial charge >= 0.3 is 0 Å². The summed E-state index contributed by atoms with van der Waals surface area (Å²) in [7, 11) is 0. The predicted molar refractivity (Wildman–Crippen MR) is 72.2 cm³/mol. The van der Waals surface area contributed by atoms with Crippen LogP contribution in [0, 0.1) is 5.92 Å². The maximum absolute atomic E-state index is 12.0. The maximum Gasteiger partial charge on any atom is 0.162 e. The smallest absolute Gasteiger partial charge is 0.162 e. The van der Waals surface area contributed by atoms with E-state index in [4.69, 9.17) is 4.74 Å². The molecular weight excluding hydrogens is 226 g/mol. The van der Waals surface area contributed by atoms with Crippen LogP contribution in [0.1, 0.15) is 36.5 Å². The Hall–Kier alpha value is -1.35. The molecule has 3 nitrogen and oxygen atoms in total. The molecule has 1 N–H and O–H groups in total. The summed E-state index contributed by atoms with van der Waals surface area (Å²) in [6.45, 7) is 4.77. The van der Waals surface area contributed by atoms with Crippen LogP contribution in [0.25, 0.3) is 0 Å². The van der Waals surface area contributed by atoms with Crippen molar-refractivity contribution in [3.8, 4) is 5.75 Å². The van der Waals surface area contributed by atoms with E-state index in [1.54, 1.807) is 0 Å². The minimum atomic E-state index is 0.241. The number of benzene rings is 1. The van der Waals surface area contributed by atoms with Crippen LogP contribution in [0.5, 0.6) is 5.75 Å². The SMILES string of the molecule is CCOc1ccc(C(=O)CCC2CCNC2)cc1. The summed E-state index contributed by atoms with van der Waals surface area (Å²) in [5.41, 5.74) is 0.796. The van der Waals surface area contributed by atoms with Crippen molar-refractivity contribution >= 4 is 5.78 Å². The van der Waals surface area contributed by atoms with Gasteiger partial charge in [0.25, 0.3) is 0 Å². The van der Waals surface area contributed by atoms with Crippen LogP contribution in [0.15, 0.2) is 24.3 Å². The quantitative estimate of drug-likeness (QED) is 0.785. The lowest BCUT2D eigenvalue weighted by Crippen LogP contribution is -2.10. The molecule has 98 valence electrons. The largest absolute Gasteiger partial charge is 0.494 e. The number of ketones is 1. The highest BCUT2D eigenvalue weighted by Gasteiger charge is 2.16. The highest BCUT2D eigenvalue weighted by atomic mass is 16.5. The van der Waals surface area contributed by atoms with Gasteiger partial charge in [-0.15, -0.1) is 0 Å². The molecule has 0 spiro atoms. The van der Waals surface area contributed by atoms with Gasteiger partial charge in [-0.2, -0.15) is 0 Å². The molecule has 1 saturated heterocycles. The lowest BCUT2D eigenvalue weighted by Gasteiger charge is -2.08. The van der Waals surface area contributed by atoms with Crippen molar-refractivity contribution in [2.75, 3.05) is 19.7 Å². The zero-order valence-electron chi connectivity index (χ0n) is 10.9. The molecule has 0 radical (unpaired) electrons. The first-order chi connectivity index (χ1) is 8.79. The predicted octanol–water partition coefficient (Wildman–Crippen LogP) is 2.66. The van der Waals surface area contributed by atoms with E-state index in [2.05, 4.69) is 5.32 Å². The molecule has 0 aromatic heterocycles. The van der Waals surface area contributed by atoms with Crippen molar-refractivity contribution < 1.29 is 9.53 Å². The monoisotopic (exact) mass is 247 g/mol. The Labute approximate surface area is 109 Å². The van der Waals surface area contributed by atoms with Crippen molar-refractivity contribution in [3.05, 3.63) is 29.8 Å². The van der Waals surface area contributed by atoms with Crippen LogP contribution in [0.4, 0.5) is 0 Å². The van der Waals surface area contributed by atoms with Gasteiger partial charge < -0.3 is 10.1 Å². The molecule has 1 aliphatic rings. The number of carbonyl (C=O) groups excluding carboxylic acids is 1. The van der Waals surface area contributed by atoms with Gasteiger partial charge in [0.15, 0.2) is 5.78 Å². The van der Waals surface area contributed by atoms with E-state index in [-0.39, 0.29) is 5.78 Å². The Morgan fingerprint density at radius 3 is 2.78 bits per heavy atom. The molecule has 1 unspecified atom stereocenters. The normalized spacial score (nSPS) is 18.8. The summed E-state index contributed by atoms with van der Waals surface area (Å²) in [4.78, 5) is 12.0. The standard InChI is InChI=1S/C15H21NO2/c1-2-18-14-6-4-13(5-7-14)15(17)8-3-12-9-10-16-11-12/h4-7,12,16H,2-3,8-11H2,1H3. The van der Waals surface area contributed by atoms with E-state index >= 15 is 0 Å². The molecule has 1 atom stereocenters. The summed E-state index contributed by atoms with van der Waals surface area (Å²) in [5.74, 6) is 1.75. The highest BCUT2D eigenvalue weighted by molar-refractivity contribution is 5.96. The van der Waals surface area contributed by atoms with Crippen LogP contribution in [-0.4, -0.2) is 25.5 Å². The summed E-state index contributed by atoms with van der Waals surface area (Å²) < 4.78 is 5.36. The Bertz CT molecular complexity index is 380. The molecule has 3 heteroatoms. The summed E-state index contributed by atoms with van der Waals surface area (Å²) >= 11 is 0. The minimum absolute atomic E-state index is 0.241. The number of nitrogens with one attached hydrogen (secondary N) is 1. The third kappa shape index (κ3) is 3.57. The summed E-state index contributed by atoms with van der Waals surface area (Å²) in [6.07, 6.45) is 2.86. The average molecular weight is 247 g/mol. The highest BCUT2D eigenvalue weighted by Crippen LogP contribution is 2.18. The van der Waals surface area contributed by atoms with Crippen LogP contribution in [0.3, 0.4) is 0 Å². The lowest BCUT2D eigenvalue weighted by atomic mass is 9.98. The Morgan fingerprint density at radius 2 is 2.17 bits per heavy atom. The van der Waals surface area contributed by atoms with E-state index in [9.17, 15) is 4.79 Å². The van der Waals surface area contributed by atoms with E-state index < -0.39 is 0 Å². The molecule has 0 amide bonds. The van der Waals surface area contributed by atoms with Gasteiger partial charge in [-0.1, -0.05) is 0 Å². The Balaban J connectivity index is 1.83. The first-order valence-electron chi connectivity index (χ1n) is 6.76. The number of hydrogen-bond donors (Lipinski definition) is 1. The molecule has 1 heterocycles. The van der Waals surface area contributed by atoms with Crippen molar-refractivity contribution in [1.82, 2.24) is 5.32 Å². The van der Waals surface area contributed by atoms with Crippen molar-refractivity contribution in [2.24, 2.45) is 5.92 Å². The number of hydrogen-bond acceptors (Lipinski definition) is 3. The molecule has 18 heavy (non-hydrogen) atoms. The third-order valence-corrected chi connectivity index (χ3v) is 3.43. The van der Waals surface area contributed by atoms with Gasteiger partial charge in [0.05, 0.1) is 6.61 Å². The number of carbonyl (C=O) groups is 1. The van der Waals surface area contributed by atoms with Gasteiger partial charge in [-0.3, -0.25) is 4.79 Å². The minimum Gasteiger partial charge on any atom is -0.494 e. The van der Waals surface area contributed by atoms with Crippen molar-refractivity contribution in [1.29, 1.82) is 0 Å². The van der Waals surface area contributed by atoms with Crippen LogP contribution in [0.2, 0.25) is 0 Å². The molecule has 0 saturated carbocycles. The second-order valence-corrected chi connectivity index (χ2v) is 4.78. The van der Waals surface area contributed by atoms with E-state index in [0.717, 1.165) is 30.8 Å². The second-order valence-electron chi connectivity index (χ2n) is 4.78. The van der Waals surface area contributed by atoms with Crippen LogP contribution >= 0.6 is 0 Å². The van der Waals surface area contributed by atoms with Crippen molar-refractivity contribution in [2.45, 2.75) is 26.2 Å². The number of Topliss-reactive ketones (excluding diaryl/α,β-unsaturated/α-hetero) is 1. The molecule has 1 aromatic carbocycles. The molecule has 1 fully saturated rings. The topological polar surface area (TPSA) is 38.3 Å². The van der Waals surface area contributed by atoms with Gasteiger partial charge in [-0.05, 0) is 63.0 Å².